The number of hydrogen-bond acceptors (Lipinski definition) is 6. The number of para-hydroxylation sites is 1. The van der Waals surface area contributed by atoms with Gasteiger partial charge in [-0.3, -0.25) is 0 Å². The Labute approximate surface area is 172 Å². The molecule has 1 aromatic heterocycles. The van der Waals surface area contributed by atoms with Crippen molar-refractivity contribution in [3.8, 4) is 22.1 Å². The van der Waals surface area contributed by atoms with E-state index < -0.39 is 5.97 Å². The van der Waals surface area contributed by atoms with E-state index >= 15 is 0 Å². The van der Waals surface area contributed by atoms with Crippen LogP contribution in [0.3, 0.4) is 0 Å². The maximum Gasteiger partial charge on any atom is 0.331 e. The Hall–Kier alpha value is -2.83. The molecular formula is C21H18ClNO4S. The third-order valence-electron chi connectivity index (χ3n) is 3.85. The maximum atomic E-state index is 11.9. The van der Waals surface area contributed by atoms with E-state index in [1.54, 1.807) is 26.4 Å². The van der Waals surface area contributed by atoms with Crippen LogP contribution in [-0.4, -0.2) is 25.2 Å². The number of halogens is 1. The van der Waals surface area contributed by atoms with Gasteiger partial charge in [-0.1, -0.05) is 35.9 Å². The summed E-state index contributed by atoms with van der Waals surface area (Å²) in [5, 5.41) is 3.18. The van der Waals surface area contributed by atoms with Crippen molar-refractivity contribution in [2.45, 2.75) is 6.61 Å². The molecule has 0 bridgehead atoms. The van der Waals surface area contributed by atoms with Crippen molar-refractivity contribution in [3.63, 3.8) is 0 Å². The number of rotatable bonds is 7. The van der Waals surface area contributed by atoms with Crippen molar-refractivity contribution in [1.82, 2.24) is 4.98 Å². The first-order valence-electron chi connectivity index (χ1n) is 8.37. The van der Waals surface area contributed by atoms with Crippen LogP contribution in [-0.2, 0) is 16.1 Å². The Morgan fingerprint density at radius 1 is 1.14 bits per heavy atom. The number of methoxy groups -OCH3 is 2. The molecule has 0 N–H and O–H groups in total. The summed E-state index contributed by atoms with van der Waals surface area (Å²) in [4.78, 5) is 16.5. The zero-order valence-corrected chi connectivity index (χ0v) is 16.9. The highest BCUT2D eigenvalue weighted by Gasteiger charge is 2.15. The number of thiazole rings is 1. The Bertz CT molecular complexity index is 1000. The summed E-state index contributed by atoms with van der Waals surface area (Å²) >= 11 is 7.50. The number of ether oxygens (including phenoxy) is 3. The molecule has 28 heavy (non-hydrogen) atoms. The van der Waals surface area contributed by atoms with Crippen LogP contribution >= 0.6 is 22.9 Å². The van der Waals surface area contributed by atoms with Crippen LogP contribution in [0, 0.1) is 0 Å². The topological polar surface area (TPSA) is 57.7 Å². The van der Waals surface area contributed by atoms with E-state index in [-0.39, 0.29) is 6.61 Å². The monoisotopic (exact) mass is 415 g/mol. The van der Waals surface area contributed by atoms with Crippen LogP contribution in [0.5, 0.6) is 11.5 Å². The maximum absolute atomic E-state index is 11.9. The zero-order chi connectivity index (χ0) is 19.9. The molecular weight excluding hydrogens is 398 g/mol. The third kappa shape index (κ3) is 4.71. The molecule has 3 aromatic rings. The van der Waals surface area contributed by atoms with E-state index in [2.05, 4.69) is 4.98 Å². The Morgan fingerprint density at radius 3 is 2.71 bits per heavy atom. The molecule has 0 unspecified atom stereocenters. The average Bonchev–Trinajstić information content (AvgIpc) is 3.19. The van der Waals surface area contributed by atoms with Crippen molar-refractivity contribution in [2.24, 2.45) is 0 Å². The lowest BCUT2D eigenvalue weighted by Crippen LogP contribution is -2.01. The van der Waals surface area contributed by atoms with Crippen molar-refractivity contribution >= 4 is 35.0 Å². The molecule has 0 saturated heterocycles. The highest BCUT2D eigenvalue weighted by Crippen LogP contribution is 2.39. The lowest BCUT2D eigenvalue weighted by Gasteiger charge is -2.10. The normalized spacial score (nSPS) is 10.8. The van der Waals surface area contributed by atoms with Gasteiger partial charge in [-0.15, -0.1) is 11.3 Å². The van der Waals surface area contributed by atoms with Gasteiger partial charge < -0.3 is 14.2 Å². The molecule has 1 heterocycles. The largest absolute Gasteiger partial charge is 0.493 e. The minimum Gasteiger partial charge on any atom is -0.493 e. The third-order valence-corrected chi connectivity index (χ3v) is 5.12. The van der Waals surface area contributed by atoms with Crippen molar-refractivity contribution in [1.29, 1.82) is 0 Å². The van der Waals surface area contributed by atoms with Crippen LogP contribution in [0.2, 0.25) is 5.02 Å². The lowest BCUT2D eigenvalue weighted by atomic mass is 10.2. The van der Waals surface area contributed by atoms with Gasteiger partial charge in [0.1, 0.15) is 11.6 Å². The Balaban J connectivity index is 1.66. The molecule has 5 nitrogen and oxygen atoms in total. The van der Waals surface area contributed by atoms with Gasteiger partial charge in [0.15, 0.2) is 11.5 Å². The number of benzene rings is 2. The minimum atomic E-state index is -0.464. The number of carbonyl (C=O) groups excluding carboxylic acids is 1. The lowest BCUT2D eigenvalue weighted by molar-refractivity contribution is -0.139. The highest BCUT2D eigenvalue weighted by atomic mass is 35.5. The second kappa shape index (κ2) is 9.39. The summed E-state index contributed by atoms with van der Waals surface area (Å²) < 4.78 is 16.0. The second-order valence-electron chi connectivity index (χ2n) is 5.65. The van der Waals surface area contributed by atoms with Gasteiger partial charge in [0.2, 0.25) is 0 Å². The summed E-state index contributed by atoms with van der Waals surface area (Å²) in [6.07, 6.45) is 2.97. The molecule has 0 radical (unpaired) electrons. The summed E-state index contributed by atoms with van der Waals surface area (Å²) in [5.41, 5.74) is 2.23. The first-order chi connectivity index (χ1) is 13.6. The summed E-state index contributed by atoms with van der Waals surface area (Å²) in [7, 11) is 3.17. The SMILES string of the molecule is COc1cccc(-c2nc(COC(=O)/C=C/c3ccccc3Cl)cs2)c1OC. The predicted octanol–water partition coefficient (Wildman–Crippen LogP) is 5.24. The van der Waals surface area contributed by atoms with Gasteiger partial charge in [0.25, 0.3) is 0 Å². The fraction of sp³-hybridized carbons (Fsp3) is 0.143. The predicted molar refractivity (Wildman–Crippen MR) is 111 cm³/mol. The van der Waals surface area contributed by atoms with E-state index in [1.165, 1.54) is 17.4 Å². The fourth-order valence-corrected chi connectivity index (χ4v) is 3.54. The molecule has 0 spiro atoms. The van der Waals surface area contributed by atoms with E-state index in [0.717, 1.165) is 16.1 Å². The standard InChI is InChI=1S/C21H18ClNO4S/c1-25-18-9-5-7-16(20(18)26-2)21-23-15(13-28-21)12-27-19(24)11-10-14-6-3-4-8-17(14)22/h3-11,13H,12H2,1-2H3/b11-10+. The number of hydrogen-bond donors (Lipinski definition) is 0. The molecule has 7 heteroatoms. The average molecular weight is 416 g/mol. The molecule has 144 valence electrons. The molecule has 0 amide bonds. The zero-order valence-electron chi connectivity index (χ0n) is 15.3. The smallest absolute Gasteiger partial charge is 0.331 e. The summed E-state index contributed by atoms with van der Waals surface area (Å²) in [6.45, 7) is 0.0779. The van der Waals surface area contributed by atoms with Crippen LogP contribution in [0.1, 0.15) is 11.3 Å². The van der Waals surface area contributed by atoms with E-state index in [1.807, 2.05) is 41.8 Å². The molecule has 2 aromatic carbocycles. The van der Waals surface area contributed by atoms with Gasteiger partial charge in [-0.05, 0) is 29.8 Å². The van der Waals surface area contributed by atoms with Crippen LogP contribution in [0.25, 0.3) is 16.6 Å². The van der Waals surface area contributed by atoms with Gasteiger partial charge in [-0.25, -0.2) is 9.78 Å². The van der Waals surface area contributed by atoms with Crippen molar-refractivity contribution < 1.29 is 19.0 Å². The minimum absolute atomic E-state index is 0.0779. The van der Waals surface area contributed by atoms with E-state index in [4.69, 9.17) is 25.8 Å². The number of carbonyl (C=O) groups is 1. The van der Waals surface area contributed by atoms with E-state index in [9.17, 15) is 4.79 Å². The first-order valence-corrected chi connectivity index (χ1v) is 9.63. The van der Waals surface area contributed by atoms with Gasteiger partial charge >= 0.3 is 5.97 Å². The quantitative estimate of drug-likeness (QED) is 0.390. The summed E-state index contributed by atoms with van der Waals surface area (Å²) in [6, 6.07) is 12.9. The Kier molecular flexibility index (Phi) is 6.68. The van der Waals surface area contributed by atoms with Gasteiger partial charge in [0, 0.05) is 16.5 Å². The fourth-order valence-electron chi connectivity index (χ4n) is 2.51. The van der Waals surface area contributed by atoms with Crippen molar-refractivity contribution in [3.05, 3.63) is 70.2 Å². The van der Waals surface area contributed by atoms with Gasteiger partial charge in [-0.2, -0.15) is 0 Å². The molecule has 0 aliphatic heterocycles. The molecule has 0 atom stereocenters. The summed E-state index contributed by atoms with van der Waals surface area (Å²) in [5.74, 6) is 0.784. The van der Waals surface area contributed by atoms with Crippen LogP contribution in [0.4, 0.5) is 0 Å². The second-order valence-corrected chi connectivity index (χ2v) is 6.91. The highest BCUT2D eigenvalue weighted by molar-refractivity contribution is 7.13. The number of nitrogens with zero attached hydrogens (tertiary/aromatic N) is 1. The molecule has 0 aliphatic carbocycles. The van der Waals surface area contributed by atoms with Gasteiger partial charge in [0.05, 0.1) is 25.5 Å². The van der Waals surface area contributed by atoms with Crippen molar-refractivity contribution in [2.75, 3.05) is 14.2 Å². The molecule has 0 saturated carbocycles. The molecule has 0 aliphatic rings. The first kappa shape index (κ1) is 19.9. The molecule has 3 rings (SSSR count). The van der Waals surface area contributed by atoms with Crippen LogP contribution in [0.15, 0.2) is 53.9 Å². The number of esters is 1. The Morgan fingerprint density at radius 2 is 1.96 bits per heavy atom. The van der Waals surface area contributed by atoms with Crippen LogP contribution < -0.4 is 9.47 Å². The molecule has 0 fully saturated rings. The van der Waals surface area contributed by atoms with E-state index in [0.29, 0.717) is 22.2 Å². The number of aromatic nitrogens is 1.